The summed E-state index contributed by atoms with van der Waals surface area (Å²) in [5.41, 5.74) is 2.20. The Labute approximate surface area is 259 Å². The molecular weight excluding hydrogens is 618 g/mol. The summed E-state index contributed by atoms with van der Waals surface area (Å²) in [6.45, 7) is 2.82. The number of nitrogens with zero attached hydrogens (tertiary/aromatic N) is 2. The topological polar surface area (TPSA) is 87.9 Å². The van der Waals surface area contributed by atoms with Crippen LogP contribution in [0.1, 0.15) is 35.6 Å². The molecule has 2 aromatic heterocycles. The van der Waals surface area contributed by atoms with Crippen molar-refractivity contribution in [1.82, 2.24) is 15.5 Å². The van der Waals surface area contributed by atoms with Gasteiger partial charge in [-0.3, -0.25) is 0 Å². The smallest absolute Gasteiger partial charge is 0.264 e. The first-order chi connectivity index (χ1) is 20.3. The van der Waals surface area contributed by atoms with E-state index in [9.17, 15) is 0 Å². The molecule has 3 aromatic carbocycles. The molecule has 3 heterocycles. The van der Waals surface area contributed by atoms with Crippen molar-refractivity contribution in [2.24, 2.45) is 0 Å². The van der Waals surface area contributed by atoms with Crippen molar-refractivity contribution in [2.45, 2.75) is 31.3 Å². The summed E-state index contributed by atoms with van der Waals surface area (Å²) < 4.78 is 29.4. The Morgan fingerprint density at radius 2 is 1.86 bits per heavy atom. The molecule has 42 heavy (non-hydrogen) atoms. The van der Waals surface area contributed by atoms with E-state index in [2.05, 4.69) is 57.9 Å². The first-order valence-electron chi connectivity index (χ1n) is 13.8. The highest BCUT2D eigenvalue weighted by Crippen LogP contribution is 2.34. The number of halogens is 1. The number of ether oxygens (including phenoxy) is 4. The zero-order valence-corrected chi connectivity index (χ0v) is 25.8. The van der Waals surface area contributed by atoms with Crippen LogP contribution in [0.25, 0.3) is 21.5 Å². The van der Waals surface area contributed by atoms with Crippen LogP contribution in [0.4, 0.5) is 0 Å². The summed E-state index contributed by atoms with van der Waals surface area (Å²) >= 11 is 1.57. The van der Waals surface area contributed by atoms with E-state index >= 15 is 0 Å². The quantitative estimate of drug-likeness (QED) is 0.115. The van der Waals surface area contributed by atoms with Gasteiger partial charge in [-0.2, -0.15) is 4.98 Å². The minimum atomic E-state index is -0.502. The lowest BCUT2D eigenvalue weighted by molar-refractivity contribution is -0.187. The third kappa shape index (κ3) is 7.44. The van der Waals surface area contributed by atoms with Crippen LogP contribution in [-0.2, 0) is 20.8 Å². The van der Waals surface area contributed by atoms with Crippen molar-refractivity contribution in [3.63, 3.8) is 0 Å². The van der Waals surface area contributed by atoms with Gasteiger partial charge in [-0.15, -0.1) is 28.3 Å². The second-order valence-corrected chi connectivity index (χ2v) is 10.9. The van der Waals surface area contributed by atoms with Gasteiger partial charge in [-0.25, -0.2) is 0 Å². The van der Waals surface area contributed by atoms with E-state index in [1.807, 2.05) is 41.8 Å². The van der Waals surface area contributed by atoms with Crippen LogP contribution in [0.2, 0.25) is 0 Å². The summed E-state index contributed by atoms with van der Waals surface area (Å²) in [6.07, 6.45) is 0.391. The van der Waals surface area contributed by atoms with E-state index in [0.717, 1.165) is 41.1 Å². The average molecular weight is 653 g/mol. The molecule has 220 valence electrons. The third-order valence-electron chi connectivity index (χ3n) is 7.21. The fourth-order valence-corrected chi connectivity index (χ4v) is 5.74. The van der Waals surface area contributed by atoms with Crippen molar-refractivity contribution in [3.8, 4) is 16.5 Å². The maximum Gasteiger partial charge on any atom is 0.264 e. The third-order valence-corrected chi connectivity index (χ3v) is 8.07. The van der Waals surface area contributed by atoms with Crippen LogP contribution in [0.15, 0.2) is 88.8 Å². The van der Waals surface area contributed by atoms with Crippen molar-refractivity contribution in [2.75, 3.05) is 33.4 Å². The second kappa shape index (κ2) is 14.9. The summed E-state index contributed by atoms with van der Waals surface area (Å²) in [4.78, 5) is 5.40. The lowest BCUT2D eigenvalue weighted by atomic mass is 9.87. The fourth-order valence-electron chi connectivity index (χ4n) is 5.10. The number of aromatic nitrogens is 2. The minimum Gasteiger partial charge on any atom is -0.484 e. The van der Waals surface area contributed by atoms with E-state index < -0.39 is 6.29 Å². The minimum absolute atomic E-state index is 0. The van der Waals surface area contributed by atoms with Crippen molar-refractivity contribution >= 4 is 39.1 Å². The highest BCUT2D eigenvalue weighted by Gasteiger charge is 2.30. The Hall–Kier alpha value is -3.12. The molecule has 8 nitrogen and oxygen atoms in total. The normalized spacial score (nSPS) is 17.5. The summed E-state index contributed by atoms with van der Waals surface area (Å²) in [6, 6.07) is 26.8. The fraction of sp³-hybridized carbons (Fsp3) is 0.312. The zero-order valence-electron chi connectivity index (χ0n) is 23.3. The molecule has 1 fully saturated rings. The summed E-state index contributed by atoms with van der Waals surface area (Å²) in [7, 11) is 1.67. The largest absolute Gasteiger partial charge is 0.484 e. The molecule has 1 N–H and O–H groups in total. The molecule has 0 spiro atoms. The van der Waals surface area contributed by atoms with Gasteiger partial charge in [0.1, 0.15) is 5.75 Å². The molecule has 0 amide bonds. The van der Waals surface area contributed by atoms with Crippen LogP contribution in [0.3, 0.4) is 0 Å². The number of benzene rings is 3. The summed E-state index contributed by atoms with van der Waals surface area (Å²) in [5.74, 6) is 1.98. The number of hydrogen-bond donors (Lipinski definition) is 1. The molecular formula is C32H34BrN3O5S. The number of fused-ring (bicyclic) bond motifs is 1. The van der Waals surface area contributed by atoms with Crippen LogP contribution >= 0.6 is 28.3 Å². The van der Waals surface area contributed by atoms with E-state index in [1.54, 1.807) is 18.4 Å². The van der Waals surface area contributed by atoms with E-state index in [4.69, 9.17) is 23.5 Å². The molecule has 10 heteroatoms. The first-order valence-corrected chi connectivity index (χ1v) is 14.7. The number of rotatable bonds is 12. The van der Waals surface area contributed by atoms with Crippen LogP contribution in [0, 0.1) is 0 Å². The van der Waals surface area contributed by atoms with Gasteiger partial charge in [0, 0.05) is 25.1 Å². The number of methoxy groups -OCH3 is 1. The Morgan fingerprint density at radius 1 is 1.00 bits per heavy atom. The molecule has 1 saturated heterocycles. The number of thiophene rings is 1. The van der Waals surface area contributed by atoms with Crippen molar-refractivity contribution in [3.05, 3.63) is 101 Å². The number of piperidine rings is 1. The maximum atomic E-state index is 6.71. The lowest BCUT2D eigenvalue weighted by Gasteiger charge is -2.35. The molecule has 3 unspecified atom stereocenters. The predicted octanol–water partition coefficient (Wildman–Crippen LogP) is 6.93. The van der Waals surface area contributed by atoms with E-state index in [1.165, 1.54) is 10.9 Å². The van der Waals surface area contributed by atoms with Gasteiger partial charge in [0.2, 0.25) is 5.82 Å². The Balaban J connectivity index is 0.00000353. The number of hydrogen-bond acceptors (Lipinski definition) is 9. The molecule has 0 radical (unpaired) electrons. The Kier molecular flexibility index (Phi) is 10.7. The zero-order chi connectivity index (χ0) is 27.9. The summed E-state index contributed by atoms with van der Waals surface area (Å²) in [5, 5.41) is 11.9. The predicted molar refractivity (Wildman–Crippen MR) is 168 cm³/mol. The molecule has 3 atom stereocenters. The molecule has 5 aromatic rings. The average Bonchev–Trinajstić information content (AvgIpc) is 3.73. The Morgan fingerprint density at radius 3 is 2.67 bits per heavy atom. The molecule has 0 bridgehead atoms. The first kappa shape index (κ1) is 30.3. The van der Waals surface area contributed by atoms with Gasteiger partial charge in [0.15, 0.2) is 12.9 Å². The van der Waals surface area contributed by atoms with E-state index in [-0.39, 0.29) is 35.6 Å². The van der Waals surface area contributed by atoms with Gasteiger partial charge in [0.25, 0.3) is 5.89 Å². The molecule has 0 saturated carbocycles. The molecule has 1 aliphatic rings. The van der Waals surface area contributed by atoms with Crippen LogP contribution in [0.5, 0.6) is 5.75 Å². The van der Waals surface area contributed by atoms with Crippen LogP contribution < -0.4 is 10.1 Å². The van der Waals surface area contributed by atoms with E-state index in [0.29, 0.717) is 24.9 Å². The van der Waals surface area contributed by atoms with Gasteiger partial charge in [0.05, 0.1) is 24.2 Å². The van der Waals surface area contributed by atoms with Gasteiger partial charge in [-0.05, 0) is 58.9 Å². The maximum absolute atomic E-state index is 6.71. The highest BCUT2D eigenvalue weighted by molar-refractivity contribution is 8.93. The Bertz CT molecular complexity index is 1530. The van der Waals surface area contributed by atoms with Gasteiger partial charge >= 0.3 is 0 Å². The molecule has 0 aliphatic carbocycles. The standard InChI is InChI=1S/C32H33N3O5S.BrH/c1-36-16-17-37-32(25-9-8-22-5-2-3-6-24(22)19-25)39-28-20-33-15-14-27(28)23-10-12-26(13-11-23)38-21-30-34-31(35-40-30)29-7-4-18-41-29;/h2-13,18-19,27-28,32-33H,14-17,20-21H2,1H3;1H. The van der Waals surface area contributed by atoms with Crippen molar-refractivity contribution in [1.29, 1.82) is 0 Å². The van der Waals surface area contributed by atoms with Gasteiger partial charge in [-0.1, -0.05) is 59.8 Å². The SMILES string of the molecule is Br.COCCOC(OC1CNCCC1c1ccc(OCc2nc(-c3cccs3)no2)cc1)c1ccc2ccccc2c1. The number of nitrogens with one attached hydrogen (secondary N) is 1. The van der Waals surface area contributed by atoms with Crippen molar-refractivity contribution < 1.29 is 23.5 Å². The second-order valence-electron chi connectivity index (χ2n) is 9.92. The highest BCUT2D eigenvalue weighted by atomic mass is 79.9. The molecule has 6 rings (SSSR count). The monoisotopic (exact) mass is 651 g/mol. The molecule has 1 aliphatic heterocycles. The lowest BCUT2D eigenvalue weighted by Crippen LogP contribution is -2.42. The van der Waals surface area contributed by atoms with Gasteiger partial charge < -0.3 is 28.8 Å². The van der Waals surface area contributed by atoms with Crippen LogP contribution in [-0.4, -0.2) is 49.7 Å².